The van der Waals surface area contributed by atoms with Crippen molar-refractivity contribution in [2.75, 3.05) is 13.7 Å². The minimum atomic E-state index is -0.967. The lowest BCUT2D eigenvalue weighted by molar-refractivity contribution is 0.320. The lowest BCUT2D eigenvalue weighted by Crippen LogP contribution is -2.12. The Labute approximate surface area is 164 Å². The molecule has 0 aromatic heterocycles. The largest absolute Gasteiger partial charge is 0.494 e. The van der Waals surface area contributed by atoms with Crippen LogP contribution in [0.4, 0.5) is 13.2 Å². The lowest BCUT2D eigenvalue weighted by atomic mass is 9.78. The quantitative estimate of drug-likeness (QED) is 0.561. The maximum absolute atomic E-state index is 14.1. The predicted octanol–water partition coefficient (Wildman–Crippen LogP) is 6.50. The second-order valence-corrected chi connectivity index (χ2v) is 7.08. The van der Waals surface area contributed by atoms with E-state index < -0.39 is 11.6 Å². The molecule has 0 spiro atoms. The average molecular weight is 390 g/mol. The number of rotatable bonds is 6. The van der Waals surface area contributed by atoms with Crippen LogP contribution < -0.4 is 9.47 Å². The monoisotopic (exact) mass is 390 g/mol. The molecule has 2 nitrogen and oxygen atoms in total. The summed E-state index contributed by atoms with van der Waals surface area (Å²) in [4.78, 5) is 0. The third-order valence-electron chi connectivity index (χ3n) is 5.34. The summed E-state index contributed by atoms with van der Waals surface area (Å²) in [6.45, 7) is 2.26. The standard InChI is InChI=1S/C23H25F3O2/c1-3-28-20-12-11-18(14-19(20)24)16-7-4-15(5-8-16)6-9-17-10-13-21(27-2)23(26)22(17)25/h6,9-16H,3-5,7-8H2,1-2H3/b9-6+. The van der Waals surface area contributed by atoms with Crippen molar-refractivity contribution in [3.05, 3.63) is 65.0 Å². The second-order valence-electron chi connectivity index (χ2n) is 7.08. The molecule has 1 saturated carbocycles. The molecular formula is C23H25F3O2. The van der Waals surface area contributed by atoms with Gasteiger partial charge in [-0.3, -0.25) is 0 Å². The maximum Gasteiger partial charge on any atom is 0.201 e. The van der Waals surface area contributed by atoms with Crippen molar-refractivity contribution in [3.8, 4) is 11.5 Å². The van der Waals surface area contributed by atoms with Gasteiger partial charge in [0.2, 0.25) is 5.82 Å². The Hall–Kier alpha value is -2.43. The molecule has 0 unspecified atom stereocenters. The highest BCUT2D eigenvalue weighted by Gasteiger charge is 2.22. The Morgan fingerprint density at radius 3 is 2.32 bits per heavy atom. The lowest BCUT2D eigenvalue weighted by Gasteiger charge is -2.27. The van der Waals surface area contributed by atoms with Crippen molar-refractivity contribution >= 4 is 6.08 Å². The van der Waals surface area contributed by atoms with E-state index >= 15 is 0 Å². The van der Waals surface area contributed by atoms with Gasteiger partial charge in [0.15, 0.2) is 23.1 Å². The summed E-state index contributed by atoms with van der Waals surface area (Å²) in [5.41, 5.74) is 1.21. The molecule has 0 heterocycles. The molecule has 3 rings (SSSR count). The van der Waals surface area contributed by atoms with Gasteiger partial charge in [0.05, 0.1) is 13.7 Å². The Kier molecular flexibility index (Phi) is 6.65. The van der Waals surface area contributed by atoms with Crippen LogP contribution in [0.3, 0.4) is 0 Å². The summed E-state index contributed by atoms with van der Waals surface area (Å²) in [5, 5.41) is 0. The van der Waals surface area contributed by atoms with Crippen molar-refractivity contribution < 1.29 is 22.6 Å². The summed E-state index contributed by atoms with van der Waals surface area (Å²) in [6.07, 6.45) is 7.30. The van der Waals surface area contributed by atoms with E-state index in [0.29, 0.717) is 18.4 Å². The highest BCUT2D eigenvalue weighted by atomic mass is 19.2. The van der Waals surface area contributed by atoms with E-state index in [1.807, 2.05) is 19.1 Å². The summed E-state index contributed by atoms with van der Waals surface area (Å²) < 4.78 is 52.0. The first-order valence-corrected chi connectivity index (χ1v) is 9.65. The van der Waals surface area contributed by atoms with Crippen LogP contribution in [0.5, 0.6) is 11.5 Å². The van der Waals surface area contributed by atoms with Crippen LogP contribution in [0, 0.1) is 23.4 Å². The molecule has 0 bridgehead atoms. The van der Waals surface area contributed by atoms with Crippen LogP contribution in [-0.4, -0.2) is 13.7 Å². The van der Waals surface area contributed by atoms with Crippen molar-refractivity contribution in [2.24, 2.45) is 5.92 Å². The van der Waals surface area contributed by atoms with Crippen LogP contribution in [0.1, 0.15) is 49.7 Å². The Bertz CT molecular complexity index is 840. The topological polar surface area (TPSA) is 18.5 Å². The maximum atomic E-state index is 14.1. The third-order valence-corrected chi connectivity index (χ3v) is 5.34. The van der Waals surface area contributed by atoms with Crippen LogP contribution in [-0.2, 0) is 0 Å². The highest BCUT2D eigenvalue weighted by molar-refractivity contribution is 5.52. The van der Waals surface area contributed by atoms with Crippen LogP contribution >= 0.6 is 0 Å². The molecule has 0 radical (unpaired) electrons. The first-order chi connectivity index (χ1) is 13.5. The van der Waals surface area contributed by atoms with Crippen molar-refractivity contribution in [3.63, 3.8) is 0 Å². The fourth-order valence-electron chi connectivity index (χ4n) is 3.76. The zero-order valence-corrected chi connectivity index (χ0v) is 16.2. The summed E-state index contributed by atoms with van der Waals surface area (Å²) in [6, 6.07) is 8.14. The average Bonchev–Trinajstić information content (AvgIpc) is 2.71. The molecule has 0 amide bonds. The second kappa shape index (κ2) is 9.18. The van der Waals surface area contributed by atoms with E-state index in [-0.39, 0.29) is 22.9 Å². The van der Waals surface area contributed by atoms with Gasteiger partial charge in [-0.1, -0.05) is 18.2 Å². The third kappa shape index (κ3) is 4.51. The number of methoxy groups -OCH3 is 1. The van der Waals surface area contributed by atoms with E-state index in [2.05, 4.69) is 0 Å². The zero-order valence-electron chi connectivity index (χ0n) is 16.2. The van der Waals surface area contributed by atoms with Gasteiger partial charge in [-0.15, -0.1) is 0 Å². The summed E-state index contributed by atoms with van der Waals surface area (Å²) >= 11 is 0. The van der Waals surface area contributed by atoms with E-state index in [1.54, 1.807) is 18.2 Å². The zero-order chi connectivity index (χ0) is 20.1. The Morgan fingerprint density at radius 1 is 0.964 bits per heavy atom. The number of benzene rings is 2. The molecule has 2 aromatic carbocycles. The first kappa shape index (κ1) is 20.3. The van der Waals surface area contributed by atoms with Crippen molar-refractivity contribution in [2.45, 2.75) is 38.5 Å². The van der Waals surface area contributed by atoms with Crippen molar-refractivity contribution in [1.82, 2.24) is 0 Å². The number of allylic oxidation sites excluding steroid dienone is 1. The molecule has 5 heteroatoms. The van der Waals surface area contributed by atoms with E-state index in [1.165, 1.54) is 19.2 Å². The van der Waals surface area contributed by atoms with Gasteiger partial charge in [0, 0.05) is 5.56 Å². The van der Waals surface area contributed by atoms with E-state index in [4.69, 9.17) is 9.47 Å². The van der Waals surface area contributed by atoms with Crippen LogP contribution in [0.15, 0.2) is 36.4 Å². The fraction of sp³-hybridized carbons (Fsp3) is 0.391. The normalized spacial score (nSPS) is 19.8. The molecule has 1 aliphatic carbocycles. The fourth-order valence-corrected chi connectivity index (χ4v) is 3.76. The van der Waals surface area contributed by atoms with Gasteiger partial charge in [-0.2, -0.15) is 4.39 Å². The first-order valence-electron chi connectivity index (χ1n) is 9.65. The number of hydrogen-bond donors (Lipinski definition) is 0. The minimum Gasteiger partial charge on any atom is -0.494 e. The smallest absolute Gasteiger partial charge is 0.201 e. The predicted molar refractivity (Wildman–Crippen MR) is 104 cm³/mol. The summed E-state index contributed by atoms with van der Waals surface area (Å²) in [7, 11) is 1.31. The Morgan fingerprint density at radius 2 is 1.68 bits per heavy atom. The van der Waals surface area contributed by atoms with E-state index in [0.717, 1.165) is 31.2 Å². The van der Waals surface area contributed by atoms with Gasteiger partial charge in [-0.05, 0) is 74.3 Å². The molecule has 1 fully saturated rings. The molecule has 2 aromatic rings. The number of ether oxygens (including phenoxy) is 2. The molecule has 0 atom stereocenters. The van der Waals surface area contributed by atoms with Crippen LogP contribution in [0.2, 0.25) is 0 Å². The molecule has 0 aliphatic heterocycles. The highest BCUT2D eigenvalue weighted by Crippen LogP contribution is 2.37. The van der Waals surface area contributed by atoms with Crippen LogP contribution in [0.25, 0.3) is 6.08 Å². The molecule has 0 N–H and O–H groups in total. The molecular weight excluding hydrogens is 365 g/mol. The molecule has 0 saturated heterocycles. The number of hydrogen-bond acceptors (Lipinski definition) is 2. The Balaban J connectivity index is 1.61. The van der Waals surface area contributed by atoms with Gasteiger partial charge in [-0.25, -0.2) is 8.78 Å². The molecule has 28 heavy (non-hydrogen) atoms. The van der Waals surface area contributed by atoms with E-state index in [9.17, 15) is 13.2 Å². The minimum absolute atomic E-state index is 0.0993. The van der Waals surface area contributed by atoms with Gasteiger partial charge < -0.3 is 9.47 Å². The number of halogens is 3. The van der Waals surface area contributed by atoms with Gasteiger partial charge in [0.25, 0.3) is 0 Å². The SMILES string of the molecule is CCOc1ccc(C2CCC(/C=C/c3ccc(OC)c(F)c3F)CC2)cc1F. The molecule has 1 aliphatic rings. The van der Waals surface area contributed by atoms with Crippen molar-refractivity contribution in [1.29, 1.82) is 0 Å². The molecule has 150 valence electrons. The van der Waals surface area contributed by atoms with Gasteiger partial charge in [0.1, 0.15) is 0 Å². The van der Waals surface area contributed by atoms with Gasteiger partial charge >= 0.3 is 0 Å². The summed E-state index contributed by atoms with van der Waals surface area (Å²) in [5.74, 6) is -1.38.